The van der Waals surface area contributed by atoms with Crippen molar-refractivity contribution in [2.24, 2.45) is 0 Å². The van der Waals surface area contributed by atoms with Crippen LogP contribution in [0.5, 0.6) is 0 Å². The normalized spacial score (nSPS) is 23.7. The molecule has 1 aliphatic heterocycles. The molecule has 3 nitrogen and oxygen atoms in total. The molecule has 1 saturated heterocycles. The first-order chi connectivity index (χ1) is 8.49. The van der Waals surface area contributed by atoms with Gasteiger partial charge in [0.15, 0.2) is 0 Å². The highest BCUT2D eigenvalue weighted by molar-refractivity contribution is 5.34. The Morgan fingerprint density at radius 1 is 1.44 bits per heavy atom. The van der Waals surface area contributed by atoms with Crippen molar-refractivity contribution in [2.75, 3.05) is 19.8 Å². The van der Waals surface area contributed by atoms with Crippen LogP contribution in [-0.4, -0.2) is 30.9 Å². The highest BCUT2D eigenvalue weighted by Crippen LogP contribution is 2.29. The Labute approximate surface area is 109 Å². The molecule has 0 spiro atoms. The number of rotatable bonds is 3. The lowest BCUT2D eigenvalue weighted by molar-refractivity contribution is 0.00282. The fourth-order valence-electron chi connectivity index (χ4n) is 2.66. The van der Waals surface area contributed by atoms with Crippen LogP contribution in [0.15, 0.2) is 18.2 Å². The predicted octanol–water partition coefficient (Wildman–Crippen LogP) is 1.89. The predicted molar refractivity (Wildman–Crippen MR) is 72.7 cm³/mol. The monoisotopic (exact) mass is 249 g/mol. The average Bonchev–Trinajstić information content (AvgIpc) is 2.33. The Kier molecular flexibility index (Phi) is 4.05. The zero-order valence-electron chi connectivity index (χ0n) is 11.5. The Morgan fingerprint density at radius 2 is 2.22 bits per heavy atom. The van der Waals surface area contributed by atoms with Gasteiger partial charge in [-0.15, -0.1) is 0 Å². The SMILES string of the molecule is Cc1ccc(C)c(C(C)(O)CC2COCCN2)c1. The van der Waals surface area contributed by atoms with Gasteiger partial charge in [-0.25, -0.2) is 0 Å². The minimum absolute atomic E-state index is 0.230. The molecule has 0 radical (unpaired) electrons. The maximum absolute atomic E-state index is 10.7. The van der Waals surface area contributed by atoms with E-state index in [9.17, 15) is 5.11 Å². The molecule has 0 amide bonds. The summed E-state index contributed by atoms with van der Waals surface area (Å²) < 4.78 is 5.44. The van der Waals surface area contributed by atoms with Crippen molar-refractivity contribution >= 4 is 0 Å². The summed E-state index contributed by atoms with van der Waals surface area (Å²) in [5.41, 5.74) is 2.54. The average molecular weight is 249 g/mol. The molecule has 2 N–H and O–H groups in total. The van der Waals surface area contributed by atoms with Crippen LogP contribution in [0, 0.1) is 13.8 Å². The van der Waals surface area contributed by atoms with E-state index < -0.39 is 5.60 Å². The van der Waals surface area contributed by atoms with Crippen molar-refractivity contribution in [1.29, 1.82) is 0 Å². The van der Waals surface area contributed by atoms with Crippen LogP contribution in [0.4, 0.5) is 0 Å². The summed E-state index contributed by atoms with van der Waals surface area (Å²) in [6.45, 7) is 8.32. The number of ether oxygens (including phenoxy) is 1. The second kappa shape index (κ2) is 5.39. The largest absolute Gasteiger partial charge is 0.385 e. The van der Waals surface area contributed by atoms with Gasteiger partial charge in [-0.05, 0) is 38.3 Å². The van der Waals surface area contributed by atoms with Crippen molar-refractivity contribution in [3.05, 3.63) is 34.9 Å². The molecule has 100 valence electrons. The van der Waals surface area contributed by atoms with Crippen LogP contribution in [0.2, 0.25) is 0 Å². The maximum atomic E-state index is 10.7. The third-order valence-corrected chi connectivity index (χ3v) is 3.62. The summed E-state index contributed by atoms with van der Waals surface area (Å²) in [5, 5.41) is 14.1. The molecule has 2 rings (SSSR count). The summed E-state index contributed by atoms with van der Waals surface area (Å²) in [5.74, 6) is 0. The molecular weight excluding hydrogens is 226 g/mol. The van der Waals surface area contributed by atoms with Crippen molar-refractivity contribution in [3.8, 4) is 0 Å². The number of benzene rings is 1. The lowest BCUT2D eigenvalue weighted by atomic mass is 9.85. The van der Waals surface area contributed by atoms with Crippen LogP contribution >= 0.6 is 0 Å². The number of hydrogen-bond acceptors (Lipinski definition) is 3. The summed E-state index contributed by atoms with van der Waals surface area (Å²) in [6, 6.07) is 6.47. The fraction of sp³-hybridized carbons (Fsp3) is 0.600. The fourth-order valence-corrected chi connectivity index (χ4v) is 2.66. The Balaban J connectivity index is 2.15. The summed E-state index contributed by atoms with van der Waals surface area (Å²) in [6.07, 6.45) is 0.678. The van der Waals surface area contributed by atoms with Crippen LogP contribution in [0.1, 0.15) is 30.0 Å². The molecule has 1 heterocycles. The van der Waals surface area contributed by atoms with Crippen molar-refractivity contribution in [1.82, 2.24) is 5.32 Å². The maximum Gasteiger partial charge on any atom is 0.0886 e. The van der Waals surface area contributed by atoms with Crippen molar-refractivity contribution < 1.29 is 9.84 Å². The second-order valence-corrected chi connectivity index (χ2v) is 5.52. The van der Waals surface area contributed by atoms with Gasteiger partial charge in [-0.1, -0.05) is 23.8 Å². The van der Waals surface area contributed by atoms with Gasteiger partial charge >= 0.3 is 0 Å². The molecule has 1 aliphatic rings. The van der Waals surface area contributed by atoms with Gasteiger partial charge in [-0.3, -0.25) is 0 Å². The molecular formula is C15H23NO2. The quantitative estimate of drug-likeness (QED) is 0.859. The minimum Gasteiger partial charge on any atom is -0.385 e. The molecule has 1 fully saturated rings. The highest BCUT2D eigenvalue weighted by atomic mass is 16.5. The van der Waals surface area contributed by atoms with Crippen LogP contribution in [0.25, 0.3) is 0 Å². The van der Waals surface area contributed by atoms with E-state index in [0.717, 1.165) is 24.3 Å². The van der Waals surface area contributed by atoms with Crippen LogP contribution in [0.3, 0.4) is 0 Å². The van der Waals surface area contributed by atoms with E-state index in [0.29, 0.717) is 13.0 Å². The number of hydrogen-bond donors (Lipinski definition) is 2. The molecule has 1 aromatic rings. The van der Waals surface area contributed by atoms with E-state index in [1.807, 2.05) is 13.8 Å². The molecule has 1 aromatic carbocycles. The highest BCUT2D eigenvalue weighted by Gasteiger charge is 2.29. The molecule has 0 bridgehead atoms. The second-order valence-electron chi connectivity index (χ2n) is 5.52. The van der Waals surface area contributed by atoms with E-state index in [1.165, 1.54) is 5.56 Å². The number of nitrogens with one attached hydrogen (secondary N) is 1. The van der Waals surface area contributed by atoms with Gasteiger partial charge in [0.2, 0.25) is 0 Å². The van der Waals surface area contributed by atoms with Gasteiger partial charge in [0, 0.05) is 12.6 Å². The number of morpholine rings is 1. The van der Waals surface area contributed by atoms with E-state index in [2.05, 4.69) is 30.4 Å². The molecule has 0 saturated carbocycles. The smallest absolute Gasteiger partial charge is 0.0886 e. The van der Waals surface area contributed by atoms with Crippen molar-refractivity contribution in [2.45, 2.75) is 38.8 Å². The van der Waals surface area contributed by atoms with Gasteiger partial charge in [0.05, 0.1) is 18.8 Å². The molecule has 18 heavy (non-hydrogen) atoms. The molecule has 2 atom stereocenters. The molecule has 0 aromatic heterocycles. The topological polar surface area (TPSA) is 41.5 Å². The van der Waals surface area contributed by atoms with E-state index >= 15 is 0 Å². The first kappa shape index (κ1) is 13.5. The standard InChI is InChI=1S/C15H23NO2/c1-11-4-5-12(2)14(8-11)15(3,17)9-13-10-18-7-6-16-13/h4-5,8,13,16-17H,6-7,9-10H2,1-3H3. The van der Waals surface area contributed by atoms with E-state index in [-0.39, 0.29) is 6.04 Å². The van der Waals surface area contributed by atoms with Crippen molar-refractivity contribution in [3.63, 3.8) is 0 Å². The third kappa shape index (κ3) is 3.10. The van der Waals surface area contributed by atoms with Gasteiger partial charge in [-0.2, -0.15) is 0 Å². The van der Waals surface area contributed by atoms with Crippen LogP contribution in [-0.2, 0) is 10.3 Å². The van der Waals surface area contributed by atoms with Crippen LogP contribution < -0.4 is 5.32 Å². The Morgan fingerprint density at radius 3 is 2.89 bits per heavy atom. The molecule has 3 heteroatoms. The van der Waals surface area contributed by atoms with Gasteiger partial charge in [0.1, 0.15) is 0 Å². The zero-order chi connectivity index (χ0) is 13.2. The minimum atomic E-state index is -0.811. The molecule has 0 aliphatic carbocycles. The summed E-state index contributed by atoms with van der Waals surface area (Å²) >= 11 is 0. The Bertz CT molecular complexity index is 409. The lowest BCUT2D eigenvalue weighted by Crippen LogP contribution is -2.45. The summed E-state index contributed by atoms with van der Waals surface area (Å²) in [7, 11) is 0. The van der Waals surface area contributed by atoms with Gasteiger partial charge < -0.3 is 15.2 Å². The zero-order valence-corrected chi connectivity index (χ0v) is 11.5. The number of aliphatic hydroxyl groups is 1. The van der Waals surface area contributed by atoms with E-state index in [4.69, 9.17) is 4.74 Å². The first-order valence-electron chi connectivity index (χ1n) is 6.60. The molecule has 2 unspecified atom stereocenters. The third-order valence-electron chi connectivity index (χ3n) is 3.62. The Hall–Kier alpha value is -0.900. The van der Waals surface area contributed by atoms with E-state index in [1.54, 1.807) is 0 Å². The lowest BCUT2D eigenvalue weighted by Gasteiger charge is -2.33. The van der Waals surface area contributed by atoms with Gasteiger partial charge in [0.25, 0.3) is 0 Å². The first-order valence-corrected chi connectivity index (χ1v) is 6.60. The number of aryl methyl sites for hydroxylation is 2. The summed E-state index contributed by atoms with van der Waals surface area (Å²) in [4.78, 5) is 0.